The molecular formula is C17H15ClFN3O2S. The number of nitrogens with zero attached hydrogens (tertiary/aromatic N) is 1. The van der Waals surface area contributed by atoms with Gasteiger partial charge in [-0.15, -0.1) is 0 Å². The molecule has 25 heavy (non-hydrogen) atoms. The molecule has 130 valence electrons. The third-order valence-electron chi connectivity index (χ3n) is 3.64. The predicted octanol–water partition coefficient (Wildman–Crippen LogP) is 3.75. The van der Waals surface area contributed by atoms with Crippen molar-refractivity contribution >= 4 is 27.3 Å². The Morgan fingerprint density at radius 3 is 2.64 bits per heavy atom. The van der Waals surface area contributed by atoms with Crippen LogP contribution in [0.15, 0.2) is 55.0 Å². The van der Waals surface area contributed by atoms with Gasteiger partial charge in [-0.25, -0.2) is 17.8 Å². The summed E-state index contributed by atoms with van der Waals surface area (Å²) >= 11 is 6.25. The van der Waals surface area contributed by atoms with Gasteiger partial charge in [-0.05, 0) is 29.8 Å². The molecule has 0 aliphatic rings. The number of imidazole rings is 1. The number of halogens is 2. The second kappa shape index (κ2) is 6.85. The normalized spacial score (nSPS) is 12.8. The quantitative estimate of drug-likeness (QED) is 0.708. The van der Waals surface area contributed by atoms with Crippen LogP contribution in [0.4, 0.5) is 10.1 Å². The molecule has 2 aromatic carbocycles. The summed E-state index contributed by atoms with van der Waals surface area (Å²) in [5.41, 5.74) is 2.00. The summed E-state index contributed by atoms with van der Waals surface area (Å²) in [6.45, 7) is 0. The van der Waals surface area contributed by atoms with Gasteiger partial charge in [-0.2, -0.15) is 0 Å². The molecule has 3 rings (SSSR count). The van der Waals surface area contributed by atoms with Crippen molar-refractivity contribution in [2.24, 2.45) is 0 Å². The van der Waals surface area contributed by atoms with Crippen LogP contribution in [0.25, 0.3) is 0 Å². The fourth-order valence-electron chi connectivity index (χ4n) is 2.71. The van der Waals surface area contributed by atoms with Crippen LogP contribution < -0.4 is 4.72 Å². The minimum atomic E-state index is -3.42. The number of H-pyrrole nitrogens is 1. The van der Waals surface area contributed by atoms with Gasteiger partial charge in [0.05, 0.1) is 18.5 Å². The van der Waals surface area contributed by atoms with Crippen molar-refractivity contribution in [2.45, 2.75) is 5.92 Å². The molecule has 0 saturated carbocycles. The van der Waals surface area contributed by atoms with Gasteiger partial charge < -0.3 is 4.98 Å². The highest BCUT2D eigenvalue weighted by Crippen LogP contribution is 2.37. The highest BCUT2D eigenvalue weighted by molar-refractivity contribution is 7.92. The molecule has 1 unspecified atom stereocenters. The van der Waals surface area contributed by atoms with Gasteiger partial charge in [-0.3, -0.25) is 4.72 Å². The number of rotatable bonds is 5. The van der Waals surface area contributed by atoms with Crippen molar-refractivity contribution in [3.8, 4) is 0 Å². The highest BCUT2D eigenvalue weighted by atomic mass is 35.5. The van der Waals surface area contributed by atoms with Crippen molar-refractivity contribution in [3.63, 3.8) is 0 Å². The number of aromatic amines is 1. The molecule has 0 aliphatic heterocycles. The van der Waals surface area contributed by atoms with Gasteiger partial charge in [-0.1, -0.05) is 29.8 Å². The first-order chi connectivity index (χ1) is 11.8. The fraction of sp³-hybridized carbons (Fsp3) is 0.118. The van der Waals surface area contributed by atoms with E-state index in [9.17, 15) is 12.8 Å². The minimum absolute atomic E-state index is 0.279. The molecule has 8 heteroatoms. The SMILES string of the molecule is CS(=O)(=O)Nc1cccc(C(c2cnc[nH]2)c2c(F)cccc2Cl)c1. The zero-order chi connectivity index (χ0) is 18.0. The van der Waals surface area contributed by atoms with Crippen molar-refractivity contribution in [1.82, 2.24) is 9.97 Å². The molecule has 0 bridgehead atoms. The van der Waals surface area contributed by atoms with Crippen molar-refractivity contribution in [1.29, 1.82) is 0 Å². The number of sulfonamides is 1. The minimum Gasteiger partial charge on any atom is -0.348 e. The summed E-state index contributed by atoms with van der Waals surface area (Å²) in [4.78, 5) is 6.98. The van der Waals surface area contributed by atoms with Crippen LogP contribution in [0, 0.1) is 5.82 Å². The number of hydrogen-bond acceptors (Lipinski definition) is 3. The molecule has 0 radical (unpaired) electrons. The average molecular weight is 380 g/mol. The first-order valence-corrected chi connectivity index (χ1v) is 9.62. The Hall–Kier alpha value is -2.38. The summed E-state index contributed by atoms with van der Waals surface area (Å²) in [6, 6.07) is 11.2. The van der Waals surface area contributed by atoms with E-state index in [0.29, 0.717) is 22.5 Å². The maximum absolute atomic E-state index is 14.5. The Bertz CT molecular complexity index is 971. The summed E-state index contributed by atoms with van der Waals surface area (Å²) in [5, 5.41) is 0.279. The summed E-state index contributed by atoms with van der Waals surface area (Å²) in [7, 11) is -3.42. The maximum Gasteiger partial charge on any atom is 0.229 e. The second-order valence-electron chi connectivity index (χ2n) is 5.57. The summed E-state index contributed by atoms with van der Waals surface area (Å²) in [5.74, 6) is -1.01. The molecule has 5 nitrogen and oxygen atoms in total. The van der Waals surface area contributed by atoms with E-state index in [1.54, 1.807) is 36.5 Å². The van der Waals surface area contributed by atoms with Crippen molar-refractivity contribution in [2.75, 3.05) is 11.0 Å². The van der Waals surface area contributed by atoms with Gasteiger partial charge in [0.1, 0.15) is 5.82 Å². The van der Waals surface area contributed by atoms with E-state index < -0.39 is 21.8 Å². The third kappa shape index (κ3) is 4.00. The zero-order valence-corrected chi connectivity index (χ0v) is 14.8. The molecule has 1 heterocycles. The maximum atomic E-state index is 14.5. The van der Waals surface area contributed by atoms with Gasteiger partial charge >= 0.3 is 0 Å². The van der Waals surface area contributed by atoms with E-state index in [4.69, 9.17) is 11.6 Å². The Kier molecular flexibility index (Phi) is 4.78. The predicted molar refractivity (Wildman–Crippen MR) is 95.9 cm³/mol. The van der Waals surface area contributed by atoms with Gasteiger partial charge in [0.15, 0.2) is 0 Å². The molecule has 3 aromatic rings. The van der Waals surface area contributed by atoms with Crippen LogP contribution in [0.1, 0.15) is 22.7 Å². The van der Waals surface area contributed by atoms with E-state index in [1.807, 2.05) is 0 Å². The Morgan fingerprint density at radius 2 is 2.00 bits per heavy atom. The second-order valence-corrected chi connectivity index (χ2v) is 7.73. The molecule has 1 atom stereocenters. The molecule has 1 aromatic heterocycles. The van der Waals surface area contributed by atoms with E-state index in [0.717, 1.165) is 6.26 Å². The van der Waals surface area contributed by atoms with Crippen molar-refractivity contribution in [3.05, 3.63) is 82.6 Å². The zero-order valence-electron chi connectivity index (χ0n) is 13.2. The first kappa shape index (κ1) is 17.4. The Labute approximate surface area is 149 Å². The van der Waals surface area contributed by atoms with Crippen LogP contribution in [-0.2, 0) is 10.0 Å². The molecule has 0 amide bonds. The van der Waals surface area contributed by atoms with Crippen LogP contribution in [0.3, 0.4) is 0 Å². The lowest BCUT2D eigenvalue weighted by molar-refractivity contribution is 0.604. The third-order valence-corrected chi connectivity index (χ3v) is 4.58. The number of aromatic nitrogens is 2. The largest absolute Gasteiger partial charge is 0.348 e. The van der Waals surface area contributed by atoms with E-state index in [2.05, 4.69) is 14.7 Å². The molecule has 0 spiro atoms. The van der Waals surface area contributed by atoms with Crippen LogP contribution in [0.2, 0.25) is 5.02 Å². The van der Waals surface area contributed by atoms with Crippen LogP contribution >= 0.6 is 11.6 Å². The van der Waals surface area contributed by atoms with E-state index >= 15 is 0 Å². The smallest absolute Gasteiger partial charge is 0.229 e. The molecular weight excluding hydrogens is 365 g/mol. The lowest BCUT2D eigenvalue weighted by Gasteiger charge is -2.19. The van der Waals surface area contributed by atoms with Gasteiger partial charge in [0, 0.05) is 28.2 Å². The fourth-order valence-corrected chi connectivity index (χ4v) is 3.54. The molecule has 0 saturated heterocycles. The van der Waals surface area contributed by atoms with Crippen LogP contribution in [0.5, 0.6) is 0 Å². The monoisotopic (exact) mass is 379 g/mol. The number of benzene rings is 2. The average Bonchev–Trinajstić information content (AvgIpc) is 3.03. The van der Waals surface area contributed by atoms with E-state index in [-0.39, 0.29) is 5.02 Å². The standard InChI is InChI=1S/C17H15ClFN3O2S/c1-25(23,24)22-12-5-2-4-11(8-12)16(15-9-20-10-21-15)17-13(18)6-3-7-14(17)19/h2-10,16,22H,1H3,(H,20,21). The Balaban J connectivity index is 2.16. The van der Waals surface area contributed by atoms with Crippen molar-refractivity contribution < 1.29 is 12.8 Å². The lowest BCUT2D eigenvalue weighted by Crippen LogP contribution is -2.11. The highest BCUT2D eigenvalue weighted by Gasteiger charge is 2.24. The number of hydrogen-bond donors (Lipinski definition) is 2. The summed E-state index contributed by atoms with van der Waals surface area (Å²) < 4.78 is 39.9. The topological polar surface area (TPSA) is 74.8 Å². The molecule has 2 N–H and O–H groups in total. The first-order valence-electron chi connectivity index (χ1n) is 7.35. The number of anilines is 1. The van der Waals surface area contributed by atoms with E-state index in [1.165, 1.54) is 18.5 Å². The molecule has 0 fully saturated rings. The Morgan fingerprint density at radius 1 is 1.24 bits per heavy atom. The van der Waals surface area contributed by atoms with Crippen LogP contribution in [-0.4, -0.2) is 24.6 Å². The lowest BCUT2D eigenvalue weighted by atomic mass is 9.88. The number of nitrogens with one attached hydrogen (secondary N) is 2. The van der Waals surface area contributed by atoms with Gasteiger partial charge in [0.25, 0.3) is 0 Å². The van der Waals surface area contributed by atoms with Gasteiger partial charge in [0.2, 0.25) is 10.0 Å². The molecule has 0 aliphatic carbocycles. The summed E-state index contributed by atoms with van der Waals surface area (Å²) in [6.07, 6.45) is 4.15.